The van der Waals surface area contributed by atoms with Crippen LogP contribution in [-0.4, -0.2) is 52.5 Å². The smallest absolute Gasteiger partial charge is 0.191 e. The van der Waals surface area contributed by atoms with Gasteiger partial charge in [0.1, 0.15) is 0 Å². The van der Waals surface area contributed by atoms with E-state index in [1.807, 2.05) is 6.92 Å². The molecule has 2 N–H and O–H groups in total. The van der Waals surface area contributed by atoms with Crippen molar-refractivity contribution in [1.29, 1.82) is 0 Å². The summed E-state index contributed by atoms with van der Waals surface area (Å²) in [6.07, 6.45) is 3.33. The molecule has 116 valence electrons. The minimum absolute atomic E-state index is 0. The second-order valence-corrected chi connectivity index (χ2v) is 3.94. The van der Waals surface area contributed by atoms with E-state index < -0.39 is 0 Å². The number of nitrogens with one attached hydrogen (secondary N) is 2. The van der Waals surface area contributed by atoms with Gasteiger partial charge < -0.3 is 20.1 Å². The fraction of sp³-hybridized carbons (Fsp3) is 0.923. The van der Waals surface area contributed by atoms with Crippen LogP contribution in [0.5, 0.6) is 0 Å². The molecule has 0 fully saturated rings. The maximum Gasteiger partial charge on any atom is 0.191 e. The largest absolute Gasteiger partial charge is 0.381 e. The summed E-state index contributed by atoms with van der Waals surface area (Å²) in [6, 6.07) is 0. The molecule has 5 nitrogen and oxygen atoms in total. The second-order valence-electron chi connectivity index (χ2n) is 3.94. The van der Waals surface area contributed by atoms with E-state index >= 15 is 0 Å². The number of rotatable bonds is 11. The summed E-state index contributed by atoms with van der Waals surface area (Å²) in [5.74, 6) is 0.822. The minimum atomic E-state index is 0. The summed E-state index contributed by atoms with van der Waals surface area (Å²) in [5.41, 5.74) is 0. The Balaban J connectivity index is 0. The molecule has 0 heterocycles. The number of halogens is 1. The highest BCUT2D eigenvalue weighted by molar-refractivity contribution is 14.0. The molecule has 0 aliphatic heterocycles. The van der Waals surface area contributed by atoms with E-state index in [0.717, 1.165) is 51.7 Å². The molecular weight excluding hydrogens is 357 g/mol. The van der Waals surface area contributed by atoms with Gasteiger partial charge in [-0.2, -0.15) is 0 Å². The first-order chi connectivity index (χ1) is 8.85. The van der Waals surface area contributed by atoms with Gasteiger partial charge >= 0.3 is 0 Å². The highest BCUT2D eigenvalue weighted by atomic mass is 127. The first-order valence-corrected chi connectivity index (χ1v) is 6.95. The van der Waals surface area contributed by atoms with Crippen molar-refractivity contribution in [3.05, 3.63) is 0 Å². The highest BCUT2D eigenvalue weighted by Crippen LogP contribution is 1.89. The van der Waals surface area contributed by atoms with Crippen LogP contribution in [0.1, 0.15) is 33.1 Å². The van der Waals surface area contributed by atoms with Crippen molar-refractivity contribution in [3.63, 3.8) is 0 Å². The van der Waals surface area contributed by atoms with Crippen LogP contribution < -0.4 is 10.6 Å². The fourth-order valence-electron chi connectivity index (χ4n) is 1.34. The average molecular weight is 387 g/mol. The van der Waals surface area contributed by atoms with Crippen molar-refractivity contribution >= 4 is 29.9 Å². The number of unbranched alkanes of at least 4 members (excludes halogenated alkanes) is 1. The van der Waals surface area contributed by atoms with Crippen LogP contribution in [0, 0.1) is 0 Å². The maximum absolute atomic E-state index is 5.48. The van der Waals surface area contributed by atoms with Gasteiger partial charge in [-0.25, -0.2) is 0 Å². The molecule has 0 bridgehead atoms. The lowest BCUT2D eigenvalue weighted by Crippen LogP contribution is -2.39. The van der Waals surface area contributed by atoms with Gasteiger partial charge in [0, 0.05) is 40.0 Å². The standard InChI is InChI=1S/C13H29N3O2.HI/c1-4-6-10-18-11-7-8-15-13(14-3)16-9-12-17-5-2;/h4-12H2,1-3H3,(H2,14,15,16);1H. The molecule has 0 spiro atoms. The zero-order valence-corrected chi connectivity index (χ0v) is 14.9. The topological polar surface area (TPSA) is 54.9 Å². The van der Waals surface area contributed by atoms with Gasteiger partial charge in [0.25, 0.3) is 0 Å². The van der Waals surface area contributed by atoms with Gasteiger partial charge in [0.15, 0.2) is 5.96 Å². The van der Waals surface area contributed by atoms with Crippen LogP contribution in [-0.2, 0) is 9.47 Å². The first-order valence-electron chi connectivity index (χ1n) is 6.95. The Labute approximate surface area is 134 Å². The molecule has 0 aromatic rings. The summed E-state index contributed by atoms with van der Waals surface area (Å²) in [5, 5.41) is 6.43. The van der Waals surface area contributed by atoms with Gasteiger partial charge in [0.2, 0.25) is 0 Å². The molecule has 0 aliphatic carbocycles. The van der Waals surface area contributed by atoms with E-state index in [4.69, 9.17) is 9.47 Å². The summed E-state index contributed by atoms with van der Waals surface area (Å²) in [4.78, 5) is 4.13. The molecule has 0 saturated carbocycles. The van der Waals surface area contributed by atoms with E-state index in [1.54, 1.807) is 7.05 Å². The number of aliphatic imine (C=N–C) groups is 1. The van der Waals surface area contributed by atoms with E-state index in [2.05, 4.69) is 22.5 Å². The zero-order chi connectivity index (χ0) is 13.5. The van der Waals surface area contributed by atoms with E-state index in [0.29, 0.717) is 6.61 Å². The number of hydrogen-bond donors (Lipinski definition) is 2. The van der Waals surface area contributed by atoms with Crippen LogP contribution in [0.4, 0.5) is 0 Å². The molecule has 0 amide bonds. The maximum atomic E-state index is 5.48. The van der Waals surface area contributed by atoms with E-state index in [-0.39, 0.29) is 24.0 Å². The quantitative estimate of drug-likeness (QED) is 0.247. The molecule has 19 heavy (non-hydrogen) atoms. The summed E-state index contributed by atoms with van der Waals surface area (Å²) < 4.78 is 10.7. The Kier molecular flexibility index (Phi) is 20.0. The van der Waals surface area contributed by atoms with Gasteiger partial charge in [-0.15, -0.1) is 24.0 Å². The van der Waals surface area contributed by atoms with Gasteiger partial charge in [-0.1, -0.05) is 13.3 Å². The third-order valence-corrected chi connectivity index (χ3v) is 2.37. The molecular formula is C13H30IN3O2. The lowest BCUT2D eigenvalue weighted by molar-refractivity contribution is 0.129. The Bertz CT molecular complexity index is 204. The third kappa shape index (κ3) is 15.9. The predicted molar refractivity (Wildman–Crippen MR) is 91.6 cm³/mol. The average Bonchev–Trinajstić information content (AvgIpc) is 2.40. The van der Waals surface area contributed by atoms with Crippen molar-refractivity contribution in [1.82, 2.24) is 10.6 Å². The third-order valence-electron chi connectivity index (χ3n) is 2.37. The number of ether oxygens (including phenoxy) is 2. The Morgan fingerprint density at radius 3 is 2.26 bits per heavy atom. The molecule has 0 saturated heterocycles. The molecule has 0 aromatic heterocycles. The molecule has 0 aromatic carbocycles. The molecule has 0 radical (unpaired) electrons. The van der Waals surface area contributed by atoms with Crippen molar-refractivity contribution in [3.8, 4) is 0 Å². The number of guanidine groups is 1. The van der Waals surface area contributed by atoms with Crippen LogP contribution >= 0.6 is 24.0 Å². The van der Waals surface area contributed by atoms with Crippen LogP contribution in [0.15, 0.2) is 4.99 Å². The summed E-state index contributed by atoms with van der Waals surface area (Å²) >= 11 is 0. The lowest BCUT2D eigenvalue weighted by Gasteiger charge is -2.11. The first kappa shape index (κ1) is 21.2. The predicted octanol–water partition coefficient (Wildman–Crippen LogP) is 2.01. The molecule has 0 rings (SSSR count). The Morgan fingerprint density at radius 2 is 1.63 bits per heavy atom. The Morgan fingerprint density at radius 1 is 0.947 bits per heavy atom. The number of hydrogen-bond acceptors (Lipinski definition) is 3. The molecule has 0 unspecified atom stereocenters. The van der Waals surface area contributed by atoms with Crippen molar-refractivity contribution in [2.24, 2.45) is 4.99 Å². The zero-order valence-electron chi connectivity index (χ0n) is 12.5. The van der Waals surface area contributed by atoms with Crippen molar-refractivity contribution in [2.75, 3.05) is 46.6 Å². The summed E-state index contributed by atoms with van der Waals surface area (Å²) in [7, 11) is 1.77. The van der Waals surface area contributed by atoms with Crippen LogP contribution in [0.2, 0.25) is 0 Å². The van der Waals surface area contributed by atoms with Gasteiger partial charge in [-0.05, 0) is 19.8 Å². The second kappa shape index (κ2) is 17.9. The normalized spacial score (nSPS) is 11.0. The van der Waals surface area contributed by atoms with Gasteiger partial charge in [-0.3, -0.25) is 4.99 Å². The Hall–Kier alpha value is -0.0800. The van der Waals surface area contributed by atoms with Crippen LogP contribution in [0.3, 0.4) is 0 Å². The highest BCUT2D eigenvalue weighted by Gasteiger charge is 1.96. The fourth-order valence-corrected chi connectivity index (χ4v) is 1.34. The van der Waals surface area contributed by atoms with Crippen molar-refractivity contribution in [2.45, 2.75) is 33.1 Å². The molecule has 0 aliphatic rings. The SMILES string of the molecule is CCCCOCCCNC(=NC)NCCOCC.I. The van der Waals surface area contributed by atoms with Crippen LogP contribution in [0.25, 0.3) is 0 Å². The van der Waals surface area contributed by atoms with E-state index in [9.17, 15) is 0 Å². The number of nitrogens with zero attached hydrogens (tertiary/aromatic N) is 1. The molecule has 6 heteroatoms. The minimum Gasteiger partial charge on any atom is -0.381 e. The van der Waals surface area contributed by atoms with Crippen molar-refractivity contribution < 1.29 is 9.47 Å². The molecule has 0 atom stereocenters. The van der Waals surface area contributed by atoms with Gasteiger partial charge in [0.05, 0.1) is 6.61 Å². The van der Waals surface area contributed by atoms with E-state index in [1.165, 1.54) is 6.42 Å². The monoisotopic (exact) mass is 387 g/mol. The lowest BCUT2D eigenvalue weighted by atomic mass is 10.4. The summed E-state index contributed by atoms with van der Waals surface area (Å²) in [6.45, 7) is 8.95.